The van der Waals surface area contributed by atoms with Crippen LogP contribution in [0.3, 0.4) is 0 Å². The summed E-state index contributed by atoms with van der Waals surface area (Å²) in [4.78, 5) is 18.8. The molecule has 2 aromatic rings. The van der Waals surface area contributed by atoms with Crippen LogP contribution in [0.2, 0.25) is 0 Å². The summed E-state index contributed by atoms with van der Waals surface area (Å²) in [5.41, 5.74) is -0.389. The van der Waals surface area contributed by atoms with Crippen molar-refractivity contribution in [1.29, 1.82) is 0 Å². The van der Waals surface area contributed by atoms with Gasteiger partial charge in [0.2, 0.25) is 5.95 Å². The highest BCUT2D eigenvalue weighted by Gasteiger charge is 2.19. The van der Waals surface area contributed by atoms with Crippen molar-refractivity contribution >= 4 is 28.6 Å². The van der Waals surface area contributed by atoms with E-state index in [0.717, 1.165) is 0 Å². The van der Waals surface area contributed by atoms with Crippen LogP contribution >= 0.6 is 11.8 Å². The van der Waals surface area contributed by atoms with Crippen molar-refractivity contribution < 1.29 is 5.11 Å². The molecule has 1 atom stereocenters. The molecule has 1 aromatic carbocycles. The number of aromatic amines is 1. The van der Waals surface area contributed by atoms with Gasteiger partial charge >= 0.3 is 0 Å². The third-order valence-electron chi connectivity index (χ3n) is 2.70. The second kappa shape index (κ2) is 5.63. The molecule has 0 unspecified atom stereocenters. The minimum atomic E-state index is -0.844. The van der Waals surface area contributed by atoms with Crippen LogP contribution < -0.4 is 10.9 Å². The molecule has 6 heteroatoms. The summed E-state index contributed by atoms with van der Waals surface area (Å²) >= 11 is 1.57. The lowest BCUT2D eigenvalue weighted by Gasteiger charge is -2.22. The van der Waals surface area contributed by atoms with Gasteiger partial charge in [-0.25, -0.2) is 4.98 Å². The van der Waals surface area contributed by atoms with E-state index in [2.05, 4.69) is 15.3 Å². The molecule has 0 bridgehead atoms. The Labute approximate surface area is 115 Å². The summed E-state index contributed by atoms with van der Waals surface area (Å²) in [5, 5.41) is 13.6. The minimum Gasteiger partial charge on any atom is -0.387 e. The van der Waals surface area contributed by atoms with Crippen molar-refractivity contribution in [1.82, 2.24) is 9.97 Å². The summed E-state index contributed by atoms with van der Waals surface area (Å²) in [6, 6.07) is 7.16. The Morgan fingerprint density at radius 1 is 1.47 bits per heavy atom. The van der Waals surface area contributed by atoms with E-state index >= 15 is 0 Å². The fourth-order valence-electron chi connectivity index (χ4n) is 1.81. The first-order chi connectivity index (χ1) is 9.02. The van der Waals surface area contributed by atoms with Crippen molar-refractivity contribution in [3.05, 3.63) is 34.6 Å². The van der Waals surface area contributed by atoms with E-state index in [9.17, 15) is 9.90 Å². The summed E-state index contributed by atoms with van der Waals surface area (Å²) < 4.78 is 0. The van der Waals surface area contributed by atoms with E-state index in [1.54, 1.807) is 36.9 Å². The van der Waals surface area contributed by atoms with Crippen molar-refractivity contribution in [2.45, 2.75) is 12.5 Å². The van der Waals surface area contributed by atoms with E-state index in [0.29, 0.717) is 29.1 Å². The molecule has 0 aliphatic heterocycles. The highest BCUT2D eigenvalue weighted by Crippen LogP contribution is 2.12. The molecule has 0 fully saturated rings. The van der Waals surface area contributed by atoms with E-state index in [1.165, 1.54) is 0 Å². The fraction of sp³-hybridized carbons (Fsp3) is 0.385. The number of nitrogens with zero attached hydrogens (tertiary/aromatic N) is 1. The van der Waals surface area contributed by atoms with Gasteiger partial charge in [0.25, 0.3) is 5.56 Å². The molecule has 19 heavy (non-hydrogen) atoms. The van der Waals surface area contributed by atoms with Crippen molar-refractivity contribution in [2.75, 3.05) is 23.9 Å². The number of aromatic nitrogens is 2. The Kier molecular flexibility index (Phi) is 4.11. The summed E-state index contributed by atoms with van der Waals surface area (Å²) in [5.74, 6) is 0.989. The molecule has 0 amide bonds. The maximum absolute atomic E-state index is 11.8. The van der Waals surface area contributed by atoms with Crippen LogP contribution in [0.1, 0.15) is 6.92 Å². The molecule has 0 aliphatic rings. The number of aliphatic hydroxyl groups is 1. The van der Waals surface area contributed by atoms with Crippen LogP contribution in [0, 0.1) is 0 Å². The molecule has 0 spiro atoms. The Morgan fingerprint density at radius 3 is 2.95 bits per heavy atom. The van der Waals surface area contributed by atoms with Gasteiger partial charge in [-0.1, -0.05) is 12.1 Å². The normalized spacial score (nSPS) is 14.3. The van der Waals surface area contributed by atoms with Gasteiger partial charge < -0.3 is 10.4 Å². The smallest absolute Gasteiger partial charge is 0.260 e. The lowest BCUT2D eigenvalue weighted by Crippen LogP contribution is -2.36. The number of anilines is 1. The number of H-pyrrole nitrogens is 1. The number of hydrogen-bond donors (Lipinski definition) is 3. The molecule has 0 radical (unpaired) electrons. The van der Waals surface area contributed by atoms with Gasteiger partial charge in [0, 0.05) is 12.3 Å². The van der Waals surface area contributed by atoms with Gasteiger partial charge in [-0.15, -0.1) is 0 Å². The minimum absolute atomic E-state index is 0.183. The second-order valence-electron chi connectivity index (χ2n) is 4.72. The predicted octanol–water partition coefficient (Wildman–Crippen LogP) is 1.45. The molecule has 2 rings (SSSR count). The molecule has 0 saturated carbocycles. The SMILES string of the molecule is CSC[C@@](C)(O)CNc1nc2ccccc2c(=O)[nH]1. The number of fused-ring (bicyclic) bond motifs is 1. The molecule has 5 nitrogen and oxygen atoms in total. The highest BCUT2D eigenvalue weighted by atomic mass is 32.2. The topological polar surface area (TPSA) is 78.0 Å². The number of thioether (sulfide) groups is 1. The zero-order valence-electron chi connectivity index (χ0n) is 10.9. The quantitative estimate of drug-likeness (QED) is 0.772. The van der Waals surface area contributed by atoms with E-state index in [1.807, 2.05) is 12.3 Å². The van der Waals surface area contributed by atoms with Crippen LogP contribution in [-0.4, -0.2) is 39.2 Å². The lowest BCUT2D eigenvalue weighted by molar-refractivity contribution is 0.0995. The Bertz CT molecular complexity index is 625. The number of hydrogen-bond acceptors (Lipinski definition) is 5. The van der Waals surface area contributed by atoms with Crippen LogP contribution in [0.15, 0.2) is 29.1 Å². The number of nitrogens with one attached hydrogen (secondary N) is 2. The Balaban J connectivity index is 2.20. The average molecular weight is 279 g/mol. The average Bonchev–Trinajstić information content (AvgIpc) is 2.37. The van der Waals surface area contributed by atoms with E-state index in [4.69, 9.17) is 0 Å². The summed E-state index contributed by atoms with van der Waals surface area (Å²) in [6.07, 6.45) is 1.94. The maximum Gasteiger partial charge on any atom is 0.260 e. The first-order valence-corrected chi connectivity index (χ1v) is 7.35. The third kappa shape index (κ3) is 3.48. The molecule has 3 N–H and O–H groups in total. The second-order valence-corrected chi connectivity index (χ2v) is 5.58. The van der Waals surface area contributed by atoms with Crippen LogP contribution in [-0.2, 0) is 0 Å². The van der Waals surface area contributed by atoms with Crippen LogP contribution in [0.25, 0.3) is 10.9 Å². The molecule has 0 saturated heterocycles. The van der Waals surface area contributed by atoms with Gasteiger partial charge in [-0.3, -0.25) is 9.78 Å². The largest absolute Gasteiger partial charge is 0.387 e. The monoisotopic (exact) mass is 279 g/mol. The zero-order chi connectivity index (χ0) is 13.9. The van der Waals surface area contributed by atoms with Gasteiger partial charge in [0.1, 0.15) is 0 Å². The first kappa shape index (κ1) is 13.9. The molecular formula is C13H17N3O2S. The molecule has 0 aliphatic carbocycles. The van der Waals surface area contributed by atoms with Gasteiger partial charge in [-0.05, 0) is 25.3 Å². The van der Waals surface area contributed by atoms with Crippen molar-refractivity contribution in [3.63, 3.8) is 0 Å². The highest BCUT2D eigenvalue weighted by molar-refractivity contribution is 7.98. The van der Waals surface area contributed by atoms with E-state index in [-0.39, 0.29) is 5.56 Å². The first-order valence-electron chi connectivity index (χ1n) is 5.96. The maximum atomic E-state index is 11.8. The molecule has 1 heterocycles. The van der Waals surface area contributed by atoms with Gasteiger partial charge in [-0.2, -0.15) is 11.8 Å². The van der Waals surface area contributed by atoms with Crippen LogP contribution in [0.5, 0.6) is 0 Å². The standard InChI is InChI=1S/C13H17N3O2S/c1-13(18,8-19-2)7-14-12-15-10-6-4-3-5-9(10)11(17)16-12/h3-6,18H,7-8H2,1-2H3,(H2,14,15,16,17)/t13-/m0/s1. The number of para-hydroxylation sites is 1. The number of benzene rings is 1. The van der Waals surface area contributed by atoms with Crippen LogP contribution in [0.4, 0.5) is 5.95 Å². The molecular weight excluding hydrogens is 262 g/mol. The zero-order valence-corrected chi connectivity index (χ0v) is 11.8. The third-order valence-corrected chi connectivity index (χ3v) is 3.62. The fourth-order valence-corrected chi connectivity index (χ4v) is 2.53. The summed E-state index contributed by atoms with van der Waals surface area (Å²) in [6.45, 7) is 2.07. The summed E-state index contributed by atoms with van der Waals surface area (Å²) in [7, 11) is 0. The predicted molar refractivity (Wildman–Crippen MR) is 79.9 cm³/mol. The lowest BCUT2D eigenvalue weighted by atomic mass is 10.1. The van der Waals surface area contributed by atoms with Gasteiger partial charge in [0.15, 0.2) is 0 Å². The van der Waals surface area contributed by atoms with Crippen molar-refractivity contribution in [2.24, 2.45) is 0 Å². The Morgan fingerprint density at radius 2 is 2.21 bits per heavy atom. The number of rotatable bonds is 5. The molecule has 102 valence electrons. The molecule has 1 aromatic heterocycles. The van der Waals surface area contributed by atoms with Crippen molar-refractivity contribution in [3.8, 4) is 0 Å². The van der Waals surface area contributed by atoms with Gasteiger partial charge in [0.05, 0.1) is 16.5 Å². The van der Waals surface area contributed by atoms with E-state index < -0.39 is 5.60 Å². The Hall–Kier alpha value is -1.53.